The summed E-state index contributed by atoms with van der Waals surface area (Å²) in [6, 6.07) is 7.47. The predicted octanol–water partition coefficient (Wildman–Crippen LogP) is 4.12. The SMILES string of the molecule is CC1(C)[C@]2(C)CC[C@@]1(C(=O)NCc1ccccc1Cl)[C@@H](Br)C2=O. The second-order valence-electron chi connectivity index (χ2n) is 7.43. The lowest BCUT2D eigenvalue weighted by Crippen LogP contribution is -2.50. The Labute approximate surface area is 150 Å². The molecule has 2 aliphatic carbocycles. The molecule has 0 spiro atoms. The van der Waals surface area contributed by atoms with Crippen LogP contribution in [0.25, 0.3) is 0 Å². The van der Waals surface area contributed by atoms with Crippen LogP contribution in [-0.2, 0) is 16.1 Å². The number of amides is 1. The highest BCUT2D eigenvalue weighted by Gasteiger charge is 2.76. The molecule has 5 heteroatoms. The van der Waals surface area contributed by atoms with Gasteiger partial charge in [-0.1, -0.05) is 66.5 Å². The molecule has 0 aromatic heterocycles. The zero-order chi connectivity index (χ0) is 17.0. The molecule has 0 aliphatic heterocycles. The van der Waals surface area contributed by atoms with E-state index in [-0.39, 0.29) is 17.1 Å². The van der Waals surface area contributed by atoms with Crippen LogP contribution in [0, 0.1) is 16.2 Å². The quantitative estimate of drug-likeness (QED) is 0.779. The molecule has 124 valence electrons. The summed E-state index contributed by atoms with van der Waals surface area (Å²) in [7, 11) is 0. The molecule has 2 fully saturated rings. The van der Waals surface area contributed by atoms with Crippen LogP contribution in [0.4, 0.5) is 0 Å². The molecule has 1 amide bonds. The molecule has 3 rings (SSSR count). The van der Waals surface area contributed by atoms with Crippen LogP contribution in [-0.4, -0.2) is 16.5 Å². The summed E-state index contributed by atoms with van der Waals surface area (Å²) in [4.78, 5) is 25.4. The first-order chi connectivity index (χ1) is 10.7. The first-order valence-electron chi connectivity index (χ1n) is 7.88. The van der Waals surface area contributed by atoms with E-state index in [4.69, 9.17) is 11.6 Å². The smallest absolute Gasteiger partial charge is 0.228 e. The van der Waals surface area contributed by atoms with Crippen molar-refractivity contribution in [3.8, 4) is 0 Å². The molecular weight excluding hydrogens is 378 g/mol. The van der Waals surface area contributed by atoms with Crippen LogP contribution in [0.5, 0.6) is 0 Å². The molecule has 2 aliphatic rings. The molecule has 3 atom stereocenters. The molecule has 0 unspecified atom stereocenters. The molecule has 1 aromatic carbocycles. The summed E-state index contributed by atoms with van der Waals surface area (Å²) in [5.41, 5.74) is -0.633. The lowest BCUT2D eigenvalue weighted by Gasteiger charge is -2.39. The van der Waals surface area contributed by atoms with Gasteiger partial charge in [0.15, 0.2) is 5.78 Å². The highest BCUT2D eigenvalue weighted by molar-refractivity contribution is 9.10. The number of fused-ring (bicyclic) bond motifs is 2. The second kappa shape index (κ2) is 5.32. The van der Waals surface area contributed by atoms with Crippen molar-refractivity contribution >= 4 is 39.2 Å². The van der Waals surface area contributed by atoms with Crippen molar-refractivity contribution in [1.82, 2.24) is 5.32 Å². The standard InChI is InChI=1S/C18H21BrClNO2/c1-16(2)17(3)8-9-18(16,13(19)14(17)22)15(23)21-10-11-6-4-5-7-12(11)20/h4-7,13H,8-10H2,1-3H3,(H,21,23)/t13-,17+,18-/m0/s1. The van der Waals surface area contributed by atoms with E-state index in [1.54, 1.807) is 0 Å². The number of carbonyl (C=O) groups excluding carboxylic acids is 2. The molecule has 1 aromatic rings. The van der Waals surface area contributed by atoms with Crippen molar-refractivity contribution < 1.29 is 9.59 Å². The number of rotatable bonds is 3. The van der Waals surface area contributed by atoms with Crippen LogP contribution in [0.1, 0.15) is 39.2 Å². The Balaban J connectivity index is 1.87. The third-order valence-corrected chi connectivity index (χ3v) is 8.09. The Kier molecular flexibility index (Phi) is 3.92. The Morgan fingerprint density at radius 2 is 1.96 bits per heavy atom. The molecule has 0 heterocycles. The monoisotopic (exact) mass is 397 g/mol. The van der Waals surface area contributed by atoms with E-state index >= 15 is 0 Å². The summed E-state index contributed by atoms with van der Waals surface area (Å²) < 4.78 is 0. The first-order valence-corrected chi connectivity index (χ1v) is 9.18. The van der Waals surface area contributed by atoms with Crippen LogP contribution < -0.4 is 5.32 Å². The number of hydrogen-bond acceptors (Lipinski definition) is 2. The van der Waals surface area contributed by atoms with E-state index in [2.05, 4.69) is 21.2 Å². The number of halogens is 2. The predicted molar refractivity (Wildman–Crippen MR) is 94.6 cm³/mol. The maximum absolute atomic E-state index is 13.1. The van der Waals surface area contributed by atoms with Crippen LogP contribution in [0.15, 0.2) is 24.3 Å². The fourth-order valence-electron chi connectivity index (χ4n) is 4.43. The number of benzene rings is 1. The van der Waals surface area contributed by atoms with Crippen LogP contribution in [0.2, 0.25) is 5.02 Å². The Bertz CT molecular complexity index is 689. The van der Waals surface area contributed by atoms with Gasteiger partial charge < -0.3 is 5.32 Å². The molecule has 1 N–H and O–H groups in total. The molecule has 23 heavy (non-hydrogen) atoms. The summed E-state index contributed by atoms with van der Waals surface area (Å²) in [6.45, 7) is 6.48. The van der Waals surface area contributed by atoms with Crippen molar-refractivity contribution in [3.63, 3.8) is 0 Å². The highest BCUT2D eigenvalue weighted by atomic mass is 79.9. The third kappa shape index (κ3) is 2.00. The number of ketones is 1. The van der Waals surface area contributed by atoms with Gasteiger partial charge in [0.05, 0.1) is 10.2 Å². The zero-order valence-electron chi connectivity index (χ0n) is 13.6. The summed E-state index contributed by atoms with van der Waals surface area (Å²) in [5.74, 6) is 0.0977. The minimum absolute atomic E-state index is 0.0566. The lowest BCUT2D eigenvalue weighted by molar-refractivity contribution is -0.136. The average molecular weight is 399 g/mol. The summed E-state index contributed by atoms with van der Waals surface area (Å²) in [5, 5.41) is 3.66. The number of hydrogen-bond donors (Lipinski definition) is 1. The van der Waals surface area contributed by atoms with Gasteiger partial charge in [-0.3, -0.25) is 9.59 Å². The topological polar surface area (TPSA) is 46.2 Å². The van der Waals surface area contributed by atoms with Gasteiger partial charge >= 0.3 is 0 Å². The van der Waals surface area contributed by atoms with Crippen molar-refractivity contribution in [2.24, 2.45) is 16.2 Å². The van der Waals surface area contributed by atoms with Gasteiger partial charge in [0, 0.05) is 17.0 Å². The molecule has 2 saturated carbocycles. The molecule has 3 nitrogen and oxygen atoms in total. The maximum Gasteiger partial charge on any atom is 0.228 e. The van der Waals surface area contributed by atoms with Gasteiger partial charge in [0.2, 0.25) is 5.91 Å². The fourth-order valence-corrected chi connectivity index (χ4v) is 6.15. The molecule has 2 bridgehead atoms. The zero-order valence-corrected chi connectivity index (χ0v) is 15.9. The van der Waals surface area contributed by atoms with Crippen molar-refractivity contribution in [2.45, 2.75) is 45.0 Å². The van der Waals surface area contributed by atoms with Crippen molar-refractivity contribution in [3.05, 3.63) is 34.9 Å². The minimum Gasteiger partial charge on any atom is -0.351 e. The number of nitrogens with one attached hydrogen (secondary N) is 1. The summed E-state index contributed by atoms with van der Waals surface area (Å²) in [6.07, 6.45) is 1.49. The van der Waals surface area contributed by atoms with Crippen molar-refractivity contribution in [1.29, 1.82) is 0 Å². The van der Waals surface area contributed by atoms with E-state index < -0.39 is 15.7 Å². The lowest BCUT2D eigenvalue weighted by atomic mass is 9.64. The number of alkyl halides is 1. The molecular formula is C18H21BrClNO2. The average Bonchev–Trinajstić information content (AvgIpc) is 2.78. The van der Waals surface area contributed by atoms with Gasteiger partial charge in [-0.05, 0) is 29.9 Å². The normalized spacial score (nSPS) is 34.7. The van der Waals surface area contributed by atoms with E-state index in [1.165, 1.54) is 0 Å². The Hall–Kier alpha value is -0.870. The minimum atomic E-state index is -0.694. The van der Waals surface area contributed by atoms with Crippen LogP contribution in [0.3, 0.4) is 0 Å². The Morgan fingerprint density at radius 1 is 1.30 bits per heavy atom. The van der Waals surface area contributed by atoms with E-state index in [0.717, 1.165) is 18.4 Å². The van der Waals surface area contributed by atoms with E-state index in [1.807, 2.05) is 45.0 Å². The molecule has 0 radical (unpaired) electrons. The van der Waals surface area contributed by atoms with Gasteiger partial charge in [0.1, 0.15) is 0 Å². The third-order valence-electron chi connectivity index (χ3n) is 6.52. The van der Waals surface area contributed by atoms with Gasteiger partial charge in [-0.2, -0.15) is 0 Å². The van der Waals surface area contributed by atoms with Gasteiger partial charge in [0.25, 0.3) is 0 Å². The largest absolute Gasteiger partial charge is 0.351 e. The van der Waals surface area contributed by atoms with Gasteiger partial charge in [-0.25, -0.2) is 0 Å². The Morgan fingerprint density at radius 3 is 2.52 bits per heavy atom. The molecule has 0 saturated heterocycles. The van der Waals surface area contributed by atoms with E-state index in [9.17, 15) is 9.59 Å². The maximum atomic E-state index is 13.1. The van der Waals surface area contributed by atoms with Crippen LogP contribution >= 0.6 is 27.5 Å². The van der Waals surface area contributed by atoms with Gasteiger partial charge in [-0.15, -0.1) is 0 Å². The fraction of sp³-hybridized carbons (Fsp3) is 0.556. The highest BCUT2D eigenvalue weighted by Crippen LogP contribution is 2.72. The number of carbonyl (C=O) groups is 2. The second-order valence-corrected chi connectivity index (χ2v) is 8.75. The van der Waals surface area contributed by atoms with E-state index in [0.29, 0.717) is 11.6 Å². The van der Waals surface area contributed by atoms with Crippen molar-refractivity contribution in [2.75, 3.05) is 0 Å². The first kappa shape index (κ1) is 17.0. The summed E-state index contributed by atoms with van der Waals surface area (Å²) >= 11 is 9.69. The number of Topliss-reactive ketones (excluding diaryl/α,β-unsaturated/α-hetero) is 1.